The van der Waals surface area contributed by atoms with Gasteiger partial charge in [0, 0.05) is 11.3 Å². The van der Waals surface area contributed by atoms with Crippen LogP contribution in [0.2, 0.25) is 0 Å². The van der Waals surface area contributed by atoms with Crippen molar-refractivity contribution in [1.29, 1.82) is 0 Å². The summed E-state index contributed by atoms with van der Waals surface area (Å²) in [6.07, 6.45) is 0. The van der Waals surface area contributed by atoms with Crippen molar-refractivity contribution in [2.24, 2.45) is 5.92 Å². The molecule has 1 saturated heterocycles. The Balaban J connectivity index is 1.88. The van der Waals surface area contributed by atoms with Crippen LogP contribution < -0.4 is 24.8 Å². The zero-order valence-electron chi connectivity index (χ0n) is 19.9. The molecule has 0 aliphatic carbocycles. The molecule has 0 radical (unpaired) electrons. The number of nitrogens with one attached hydrogen (secondary N) is 2. The van der Waals surface area contributed by atoms with Crippen molar-refractivity contribution in [2.45, 2.75) is 11.3 Å². The van der Waals surface area contributed by atoms with Gasteiger partial charge in [-0.3, -0.25) is 14.9 Å². The number of aliphatic carboxylic acids is 1. The number of carboxylic acid groups (broad SMARTS) is 1. The molecular formula is C22H17F3N2O7S. The first-order valence-corrected chi connectivity index (χ1v) is 10.6. The number of hydrogen-bond acceptors (Lipinski definition) is 7. The Bertz CT molecular complexity index is 1370. The number of carboxylic acids is 1. The molecule has 2 unspecified atom stereocenters. The first kappa shape index (κ1) is 21.6. The number of thioether (sulfide) groups is 1. The SMILES string of the molecule is [2H]C([2H])(Oc1c(OC)ccc(C2(C(=O)O)SC=C3NC(=O)NC(=O)C32)c1F)c1c(OC)ccc(F)c1F. The number of hydrogen-bond donors (Lipinski definition) is 3. The first-order valence-electron chi connectivity index (χ1n) is 10.7. The van der Waals surface area contributed by atoms with Crippen LogP contribution >= 0.6 is 11.8 Å². The minimum atomic E-state index is -3.26. The molecule has 2 atom stereocenters. The first-order chi connectivity index (χ1) is 17.4. The van der Waals surface area contributed by atoms with Gasteiger partial charge in [-0.2, -0.15) is 0 Å². The van der Waals surface area contributed by atoms with E-state index in [1.54, 1.807) is 0 Å². The van der Waals surface area contributed by atoms with Crippen LogP contribution in [0, 0.1) is 23.4 Å². The van der Waals surface area contributed by atoms with Crippen molar-refractivity contribution in [3.8, 4) is 17.2 Å². The number of imide groups is 1. The van der Waals surface area contributed by atoms with Crippen LogP contribution in [0.5, 0.6) is 17.2 Å². The minimum absolute atomic E-state index is 0.0827. The van der Waals surface area contributed by atoms with Crippen molar-refractivity contribution in [1.82, 2.24) is 10.6 Å². The standard InChI is InChI=1S/C22H17F3N2O7S/c1-32-13-6-4-11(23)16(24)9(13)7-34-18-14(33-2)5-3-10(17(18)25)22(20(29)30)15-12(8-35-22)26-21(31)27-19(15)28/h3-6,8,15H,7H2,1-2H3,(H,29,30)(H2,26,27,28,31)/i7D2. The van der Waals surface area contributed by atoms with Crippen LogP contribution in [0.3, 0.4) is 0 Å². The molecule has 0 saturated carbocycles. The zero-order chi connectivity index (χ0) is 27.3. The number of amides is 3. The van der Waals surface area contributed by atoms with E-state index in [9.17, 15) is 28.3 Å². The fourth-order valence-electron chi connectivity index (χ4n) is 3.77. The molecule has 0 spiro atoms. The molecule has 35 heavy (non-hydrogen) atoms. The topological polar surface area (TPSA) is 123 Å². The van der Waals surface area contributed by atoms with Gasteiger partial charge in [-0.1, -0.05) is 6.07 Å². The Morgan fingerprint density at radius 3 is 2.46 bits per heavy atom. The van der Waals surface area contributed by atoms with Gasteiger partial charge in [-0.15, -0.1) is 11.8 Å². The minimum Gasteiger partial charge on any atom is -0.496 e. The van der Waals surface area contributed by atoms with E-state index < -0.39 is 81.0 Å². The Hall–Kier alpha value is -3.87. The number of carbonyl (C=O) groups is 3. The molecule has 13 heteroatoms. The van der Waals surface area contributed by atoms with Crippen LogP contribution in [0.25, 0.3) is 0 Å². The number of ether oxygens (including phenoxy) is 3. The molecule has 1 fully saturated rings. The van der Waals surface area contributed by atoms with Gasteiger partial charge in [-0.05, 0) is 23.6 Å². The Kier molecular flexibility index (Phi) is 5.60. The smallest absolute Gasteiger partial charge is 0.326 e. The number of urea groups is 1. The lowest BCUT2D eigenvalue weighted by atomic mass is 9.81. The van der Waals surface area contributed by atoms with E-state index in [0.717, 1.165) is 32.4 Å². The van der Waals surface area contributed by atoms with Crippen LogP contribution in [-0.2, 0) is 20.9 Å². The monoisotopic (exact) mass is 512 g/mol. The van der Waals surface area contributed by atoms with Crippen LogP contribution in [-0.4, -0.2) is 37.2 Å². The van der Waals surface area contributed by atoms with Crippen LogP contribution in [0.15, 0.2) is 35.4 Å². The van der Waals surface area contributed by atoms with Crippen LogP contribution in [0.4, 0.5) is 18.0 Å². The molecule has 0 bridgehead atoms. The third-order valence-corrected chi connectivity index (χ3v) is 6.75. The summed E-state index contributed by atoms with van der Waals surface area (Å²) in [6.45, 7) is -3.26. The summed E-state index contributed by atoms with van der Waals surface area (Å²) in [5, 5.41) is 15.6. The molecule has 184 valence electrons. The predicted octanol–water partition coefficient (Wildman–Crippen LogP) is 3.02. The quantitative estimate of drug-likeness (QED) is 0.518. The maximum absolute atomic E-state index is 16.1. The van der Waals surface area contributed by atoms with Gasteiger partial charge in [-0.25, -0.2) is 18.0 Å². The molecule has 2 heterocycles. The van der Waals surface area contributed by atoms with Gasteiger partial charge in [0.15, 0.2) is 33.7 Å². The average Bonchev–Trinajstić information content (AvgIpc) is 3.22. The van der Waals surface area contributed by atoms with Gasteiger partial charge in [0.25, 0.3) is 0 Å². The number of halogens is 3. The van der Waals surface area contributed by atoms with E-state index in [0.29, 0.717) is 17.8 Å². The second-order valence-electron chi connectivity index (χ2n) is 7.21. The fraction of sp³-hybridized carbons (Fsp3) is 0.227. The van der Waals surface area contributed by atoms with E-state index in [1.807, 2.05) is 5.32 Å². The molecule has 3 N–H and O–H groups in total. The fourth-order valence-corrected chi connectivity index (χ4v) is 5.04. The molecule has 3 amide bonds. The van der Waals surface area contributed by atoms with Gasteiger partial charge in [0.1, 0.15) is 18.2 Å². The highest BCUT2D eigenvalue weighted by molar-refractivity contribution is 8.04. The summed E-state index contributed by atoms with van der Waals surface area (Å²) in [5.41, 5.74) is -1.74. The number of methoxy groups -OCH3 is 2. The Morgan fingerprint density at radius 2 is 1.80 bits per heavy atom. The third-order valence-electron chi connectivity index (χ3n) is 5.38. The molecule has 2 aromatic carbocycles. The average molecular weight is 512 g/mol. The summed E-state index contributed by atoms with van der Waals surface area (Å²) in [6, 6.07) is 2.80. The normalized spacial score (nSPS) is 22.2. The van der Waals surface area contributed by atoms with Crippen molar-refractivity contribution in [2.75, 3.05) is 14.2 Å². The van der Waals surface area contributed by atoms with E-state index in [1.165, 1.54) is 5.41 Å². The van der Waals surface area contributed by atoms with Crippen molar-refractivity contribution >= 4 is 29.7 Å². The molecule has 0 aromatic heterocycles. The van der Waals surface area contributed by atoms with E-state index >= 15 is 4.39 Å². The van der Waals surface area contributed by atoms with Crippen molar-refractivity contribution in [3.05, 3.63) is 63.9 Å². The lowest BCUT2D eigenvalue weighted by Crippen LogP contribution is -2.56. The second-order valence-corrected chi connectivity index (χ2v) is 8.32. The van der Waals surface area contributed by atoms with Gasteiger partial charge in [0.05, 0.1) is 22.5 Å². The third kappa shape index (κ3) is 3.81. The highest BCUT2D eigenvalue weighted by Crippen LogP contribution is 2.55. The molecule has 4 rings (SSSR count). The van der Waals surface area contributed by atoms with Crippen molar-refractivity contribution in [3.63, 3.8) is 0 Å². The largest absolute Gasteiger partial charge is 0.496 e. The maximum atomic E-state index is 16.1. The van der Waals surface area contributed by atoms with E-state index in [2.05, 4.69) is 5.32 Å². The van der Waals surface area contributed by atoms with E-state index in [-0.39, 0.29) is 5.70 Å². The van der Waals surface area contributed by atoms with Crippen molar-refractivity contribution < 1.29 is 49.6 Å². The summed E-state index contributed by atoms with van der Waals surface area (Å²) < 4.78 is 73.9. The summed E-state index contributed by atoms with van der Waals surface area (Å²) in [4.78, 5) is 36.8. The maximum Gasteiger partial charge on any atom is 0.326 e. The Morgan fingerprint density at radius 1 is 1.11 bits per heavy atom. The van der Waals surface area contributed by atoms with Gasteiger partial charge >= 0.3 is 12.0 Å². The summed E-state index contributed by atoms with van der Waals surface area (Å²) >= 11 is 0.527. The summed E-state index contributed by atoms with van der Waals surface area (Å²) in [7, 11) is 2.15. The zero-order valence-corrected chi connectivity index (χ0v) is 18.7. The van der Waals surface area contributed by atoms with Crippen LogP contribution in [0.1, 0.15) is 13.9 Å². The lowest BCUT2D eigenvalue weighted by molar-refractivity contribution is -0.144. The highest BCUT2D eigenvalue weighted by Gasteiger charge is 2.59. The molecule has 2 aliphatic heterocycles. The molecular weight excluding hydrogens is 493 g/mol. The number of fused-ring (bicyclic) bond motifs is 1. The lowest BCUT2D eigenvalue weighted by Gasteiger charge is -2.34. The molecule has 9 nitrogen and oxygen atoms in total. The number of rotatable bonds is 7. The predicted molar refractivity (Wildman–Crippen MR) is 115 cm³/mol. The van der Waals surface area contributed by atoms with Gasteiger partial charge < -0.3 is 24.6 Å². The molecule has 2 aromatic rings. The van der Waals surface area contributed by atoms with E-state index in [4.69, 9.17) is 17.0 Å². The number of benzene rings is 2. The number of carbonyl (C=O) groups excluding carboxylic acids is 2. The molecule has 2 aliphatic rings. The summed E-state index contributed by atoms with van der Waals surface area (Å²) in [5.74, 6) is -10.6. The highest BCUT2D eigenvalue weighted by atomic mass is 32.2. The Labute approximate surface area is 203 Å². The second kappa shape index (κ2) is 9.06. The van der Waals surface area contributed by atoms with Gasteiger partial charge in [0.2, 0.25) is 5.91 Å².